The molecule has 0 spiro atoms. The van der Waals surface area contributed by atoms with E-state index in [1.807, 2.05) is 0 Å². The largest absolute Gasteiger partial charge is 0.338 e. The van der Waals surface area contributed by atoms with Crippen LogP contribution in [0.1, 0.15) is 36.7 Å². The molecule has 0 aliphatic rings. The minimum absolute atomic E-state index is 0.620. The van der Waals surface area contributed by atoms with Gasteiger partial charge in [0.2, 0.25) is 5.89 Å². The van der Waals surface area contributed by atoms with Gasteiger partial charge in [0.25, 0.3) is 0 Å². The Morgan fingerprint density at radius 3 is 2.89 bits per heavy atom. The predicted octanol–water partition coefficient (Wildman–Crippen LogP) is 2.71. The maximum Gasteiger partial charge on any atom is 0.240 e. The average molecular weight is 259 g/mol. The fourth-order valence-corrected chi connectivity index (χ4v) is 1.91. The van der Waals surface area contributed by atoms with Crippen molar-refractivity contribution in [3.05, 3.63) is 47.1 Å². The maximum atomic E-state index is 5.23. The summed E-state index contributed by atoms with van der Waals surface area (Å²) < 4.78 is 5.23. The molecule has 0 amide bonds. The first-order chi connectivity index (χ1) is 9.13. The van der Waals surface area contributed by atoms with Crippen LogP contribution in [-0.2, 0) is 13.0 Å². The van der Waals surface area contributed by atoms with Crippen LogP contribution in [0.15, 0.2) is 28.8 Å². The van der Waals surface area contributed by atoms with Gasteiger partial charge >= 0.3 is 0 Å². The van der Waals surface area contributed by atoms with Crippen LogP contribution >= 0.6 is 0 Å². The van der Waals surface area contributed by atoms with Crippen molar-refractivity contribution < 1.29 is 4.52 Å². The minimum Gasteiger partial charge on any atom is -0.338 e. The second-order valence-corrected chi connectivity index (χ2v) is 5.29. The van der Waals surface area contributed by atoms with Crippen molar-refractivity contribution in [3.63, 3.8) is 0 Å². The van der Waals surface area contributed by atoms with Crippen molar-refractivity contribution in [1.29, 1.82) is 0 Å². The number of aryl methyl sites for hydroxylation is 1. The molecule has 0 saturated carbocycles. The lowest BCUT2D eigenvalue weighted by molar-refractivity contribution is 0.360. The van der Waals surface area contributed by atoms with E-state index < -0.39 is 0 Å². The molecule has 2 rings (SSSR count). The summed E-state index contributed by atoms with van der Waals surface area (Å²) in [6.07, 6.45) is 0.718. The van der Waals surface area contributed by atoms with E-state index in [4.69, 9.17) is 4.52 Å². The Hall–Kier alpha value is -1.68. The molecule has 0 fully saturated rings. The number of hydrogen-bond acceptors (Lipinski definition) is 4. The Kier molecular flexibility index (Phi) is 4.68. The van der Waals surface area contributed by atoms with Crippen molar-refractivity contribution in [3.8, 4) is 0 Å². The van der Waals surface area contributed by atoms with Crippen LogP contribution in [0.2, 0.25) is 0 Å². The third-order valence-electron chi connectivity index (χ3n) is 2.78. The van der Waals surface area contributed by atoms with Gasteiger partial charge in [-0.25, -0.2) is 0 Å². The molecule has 4 heteroatoms. The van der Waals surface area contributed by atoms with Gasteiger partial charge in [-0.2, -0.15) is 4.98 Å². The zero-order valence-corrected chi connectivity index (χ0v) is 11.8. The second-order valence-electron chi connectivity index (χ2n) is 5.29. The van der Waals surface area contributed by atoms with E-state index in [1.165, 1.54) is 11.1 Å². The molecule has 102 valence electrons. The molecule has 0 aliphatic carbocycles. The van der Waals surface area contributed by atoms with Gasteiger partial charge in [-0.3, -0.25) is 0 Å². The van der Waals surface area contributed by atoms with Crippen molar-refractivity contribution in [1.82, 2.24) is 15.5 Å². The number of nitrogens with zero attached hydrogens (tertiary/aromatic N) is 2. The molecular weight excluding hydrogens is 238 g/mol. The third kappa shape index (κ3) is 4.48. The smallest absolute Gasteiger partial charge is 0.240 e. The molecule has 1 heterocycles. The molecule has 0 bridgehead atoms. The second kappa shape index (κ2) is 6.48. The third-order valence-corrected chi connectivity index (χ3v) is 2.78. The van der Waals surface area contributed by atoms with Crippen molar-refractivity contribution in [2.45, 2.75) is 33.7 Å². The van der Waals surface area contributed by atoms with E-state index in [-0.39, 0.29) is 0 Å². The van der Waals surface area contributed by atoms with E-state index >= 15 is 0 Å². The molecule has 4 nitrogen and oxygen atoms in total. The van der Waals surface area contributed by atoms with Gasteiger partial charge in [-0.05, 0) is 24.9 Å². The van der Waals surface area contributed by atoms with E-state index in [1.54, 1.807) is 0 Å². The van der Waals surface area contributed by atoms with Crippen molar-refractivity contribution >= 4 is 0 Å². The van der Waals surface area contributed by atoms with Crippen LogP contribution in [0.25, 0.3) is 0 Å². The highest BCUT2D eigenvalue weighted by Gasteiger charge is 2.07. The Labute approximate surface area is 114 Å². The molecule has 2 aromatic rings. The van der Waals surface area contributed by atoms with Gasteiger partial charge in [0, 0.05) is 6.42 Å². The minimum atomic E-state index is 0.620. The fourth-order valence-electron chi connectivity index (χ4n) is 1.91. The summed E-state index contributed by atoms with van der Waals surface area (Å²) in [6.45, 7) is 8.02. The number of nitrogens with one attached hydrogen (secondary N) is 1. The molecule has 0 unspecified atom stereocenters. The number of benzene rings is 1. The van der Waals surface area contributed by atoms with Crippen LogP contribution in [0.5, 0.6) is 0 Å². The number of rotatable bonds is 6. The molecule has 0 radical (unpaired) electrons. The van der Waals surface area contributed by atoms with Crippen LogP contribution in [0.3, 0.4) is 0 Å². The van der Waals surface area contributed by atoms with E-state index in [9.17, 15) is 0 Å². The van der Waals surface area contributed by atoms with Gasteiger partial charge in [0.1, 0.15) is 0 Å². The van der Waals surface area contributed by atoms with E-state index in [2.05, 4.69) is 60.5 Å². The molecule has 0 atom stereocenters. The van der Waals surface area contributed by atoms with Crippen molar-refractivity contribution in [2.75, 3.05) is 6.54 Å². The molecule has 1 aromatic heterocycles. The normalized spacial score (nSPS) is 11.2. The van der Waals surface area contributed by atoms with Crippen LogP contribution < -0.4 is 5.32 Å². The summed E-state index contributed by atoms with van der Waals surface area (Å²) in [6, 6.07) is 8.37. The average Bonchev–Trinajstić information content (AvgIpc) is 2.76. The first-order valence-corrected chi connectivity index (χ1v) is 6.71. The summed E-state index contributed by atoms with van der Waals surface area (Å²) in [4.78, 5) is 4.39. The van der Waals surface area contributed by atoms with Gasteiger partial charge in [0.05, 0.1) is 6.54 Å². The summed E-state index contributed by atoms with van der Waals surface area (Å²) in [7, 11) is 0. The Morgan fingerprint density at radius 2 is 2.16 bits per heavy atom. The highest BCUT2D eigenvalue weighted by molar-refractivity contribution is 5.24. The summed E-state index contributed by atoms with van der Waals surface area (Å²) in [5.41, 5.74) is 2.46. The highest BCUT2D eigenvalue weighted by atomic mass is 16.5. The lowest BCUT2D eigenvalue weighted by atomic mass is 10.1. The molecule has 1 aromatic carbocycles. The van der Waals surface area contributed by atoms with Crippen LogP contribution in [0.4, 0.5) is 0 Å². The quantitative estimate of drug-likeness (QED) is 0.866. The van der Waals surface area contributed by atoms with Gasteiger partial charge < -0.3 is 9.84 Å². The SMILES string of the molecule is Cc1cccc(Cc2noc(CNCC(C)C)n2)c1. The summed E-state index contributed by atoms with van der Waals surface area (Å²) in [5, 5.41) is 7.30. The zero-order valence-electron chi connectivity index (χ0n) is 11.8. The molecule has 0 aliphatic heterocycles. The highest BCUT2D eigenvalue weighted by Crippen LogP contribution is 2.09. The van der Waals surface area contributed by atoms with Crippen molar-refractivity contribution in [2.24, 2.45) is 5.92 Å². The van der Waals surface area contributed by atoms with Gasteiger partial charge in [0.15, 0.2) is 5.82 Å². The monoisotopic (exact) mass is 259 g/mol. The molecule has 19 heavy (non-hydrogen) atoms. The molecule has 0 saturated heterocycles. The first kappa shape index (κ1) is 13.7. The molecular formula is C15H21N3O. The van der Waals surface area contributed by atoms with Crippen LogP contribution in [0, 0.1) is 12.8 Å². The fraction of sp³-hybridized carbons (Fsp3) is 0.467. The Balaban J connectivity index is 1.90. The standard InChI is InChI=1S/C15H21N3O/c1-11(2)9-16-10-15-17-14(18-19-15)8-13-6-4-5-12(3)7-13/h4-7,11,16H,8-10H2,1-3H3. The van der Waals surface area contributed by atoms with Gasteiger partial charge in [-0.1, -0.05) is 48.8 Å². The predicted molar refractivity (Wildman–Crippen MR) is 74.8 cm³/mol. The van der Waals surface area contributed by atoms with Crippen LogP contribution in [-0.4, -0.2) is 16.7 Å². The zero-order chi connectivity index (χ0) is 13.7. The van der Waals surface area contributed by atoms with Gasteiger partial charge in [-0.15, -0.1) is 0 Å². The van der Waals surface area contributed by atoms with E-state index in [0.29, 0.717) is 18.4 Å². The lowest BCUT2D eigenvalue weighted by Crippen LogP contribution is -2.19. The van der Waals surface area contributed by atoms with E-state index in [0.717, 1.165) is 18.8 Å². The lowest BCUT2D eigenvalue weighted by Gasteiger charge is -2.03. The number of aromatic nitrogens is 2. The maximum absolute atomic E-state index is 5.23. The number of hydrogen-bond donors (Lipinski definition) is 1. The molecule has 1 N–H and O–H groups in total. The summed E-state index contributed by atoms with van der Waals surface area (Å²) in [5.74, 6) is 2.02. The summed E-state index contributed by atoms with van der Waals surface area (Å²) >= 11 is 0. The topological polar surface area (TPSA) is 51.0 Å². The Bertz CT molecular complexity index is 520. The first-order valence-electron chi connectivity index (χ1n) is 6.71. The Morgan fingerprint density at radius 1 is 1.32 bits per heavy atom.